The summed E-state index contributed by atoms with van der Waals surface area (Å²) in [4.78, 5) is 29.2. The topological polar surface area (TPSA) is 61.9 Å². The third kappa shape index (κ3) is 5.91. The number of imide groups is 1. The van der Waals surface area contributed by atoms with Crippen molar-refractivity contribution in [2.45, 2.75) is 51.2 Å². The molecule has 2 fully saturated rings. The predicted octanol–water partition coefficient (Wildman–Crippen LogP) is 4.44. The summed E-state index contributed by atoms with van der Waals surface area (Å²) in [5, 5.41) is 2.86. The Morgan fingerprint density at radius 3 is 2.35 bits per heavy atom. The molecule has 1 N–H and O–H groups in total. The SMILES string of the molecule is CC1(CCc2ccc(OC(F)F)cc2)NC(=O)N(CN2CCC(Cc3ccccc3)CC2)C1=O. The number of hydrogen-bond donors (Lipinski definition) is 1. The molecule has 0 saturated carbocycles. The largest absolute Gasteiger partial charge is 0.435 e. The first kappa shape index (κ1) is 24.1. The third-order valence-electron chi connectivity index (χ3n) is 6.82. The summed E-state index contributed by atoms with van der Waals surface area (Å²) in [6, 6.07) is 16.5. The average Bonchev–Trinajstić information content (AvgIpc) is 3.03. The van der Waals surface area contributed by atoms with Gasteiger partial charge in [-0.2, -0.15) is 8.78 Å². The first-order chi connectivity index (χ1) is 16.3. The van der Waals surface area contributed by atoms with Gasteiger partial charge in [-0.15, -0.1) is 0 Å². The average molecular weight is 472 g/mol. The molecule has 2 aliphatic heterocycles. The van der Waals surface area contributed by atoms with Crippen molar-refractivity contribution < 1.29 is 23.1 Å². The number of urea groups is 1. The van der Waals surface area contributed by atoms with E-state index in [1.54, 1.807) is 19.1 Å². The maximum Gasteiger partial charge on any atom is 0.387 e. The van der Waals surface area contributed by atoms with E-state index in [4.69, 9.17) is 0 Å². The molecule has 2 aromatic carbocycles. The number of alkyl halides is 2. The Hall–Kier alpha value is -3.00. The number of benzene rings is 2. The van der Waals surface area contributed by atoms with Crippen molar-refractivity contribution in [1.29, 1.82) is 0 Å². The number of ether oxygens (including phenoxy) is 1. The fourth-order valence-corrected chi connectivity index (χ4v) is 4.76. The zero-order valence-corrected chi connectivity index (χ0v) is 19.4. The number of rotatable bonds is 9. The van der Waals surface area contributed by atoms with Crippen LogP contribution < -0.4 is 10.1 Å². The van der Waals surface area contributed by atoms with E-state index in [0.29, 0.717) is 25.4 Å². The van der Waals surface area contributed by atoms with Crippen LogP contribution in [-0.4, -0.2) is 53.6 Å². The number of likely N-dealkylation sites (tertiary alicyclic amines) is 1. The number of carbonyl (C=O) groups excluding carboxylic acids is 2. The van der Waals surface area contributed by atoms with Gasteiger partial charge in [0.15, 0.2) is 0 Å². The molecule has 0 aromatic heterocycles. The fourth-order valence-electron chi connectivity index (χ4n) is 4.76. The van der Waals surface area contributed by atoms with E-state index in [2.05, 4.69) is 39.2 Å². The molecule has 2 saturated heterocycles. The van der Waals surface area contributed by atoms with Gasteiger partial charge in [-0.3, -0.25) is 9.69 Å². The summed E-state index contributed by atoms with van der Waals surface area (Å²) in [6.07, 6.45) is 4.09. The lowest BCUT2D eigenvalue weighted by Gasteiger charge is -2.34. The number of piperidine rings is 1. The normalized spacial score (nSPS) is 21.8. The second kappa shape index (κ2) is 10.5. The van der Waals surface area contributed by atoms with Crippen LogP contribution in [0.4, 0.5) is 13.6 Å². The minimum atomic E-state index is -2.86. The van der Waals surface area contributed by atoms with Crippen LogP contribution in [-0.2, 0) is 17.6 Å². The van der Waals surface area contributed by atoms with Crippen molar-refractivity contribution in [2.75, 3.05) is 19.8 Å². The van der Waals surface area contributed by atoms with Crippen molar-refractivity contribution in [2.24, 2.45) is 5.92 Å². The molecule has 1 atom stereocenters. The Balaban J connectivity index is 1.26. The standard InChI is InChI=1S/C26H31F2N3O3/c1-26(14-11-19-7-9-22(10-8-19)34-24(27)28)23(32)31(25(33)29-26)18-30-15-12-21(13-16-30)17-20-5-3-2-4-6-20/h2-10,21,24H,11-18H2,1H3,(H,29,33). The van der Waals surface area contributed by atoms with Gasteiger partial charge in [0.2, 0.25) is 0 Å². The molecule has 0 radical (unpaired) electrons. The molecule has 0 spiro atoms. The van der Waals surface area contributed by atoms with Crippen LogP contribution in [0.25, 0.3) is 0 Å². The predicted molar refractivity (Wildman–Crippen MR) is 124 cm³/mol. The summed E-state index contributed by atoms with van der Waals surface area (Å²) >= 11 is 0. The van der Waals surface area contributed by atoms with Crippen molar-refractivity contribution in [3.8, 4) is 5.75 Å². The Labute approximate surface area is 198 Å². The van der Waals surface area contributed by atoms with Gasteiger partial charge in [0, 0.05) is 13.1 Å². The summed E-state index contributed by atoms with van der Waals surface area (Å²) in [6.45, 7) is 0.902. The molecular weight excluding hydrogens is 440 g/mol. The second-order valence-electron chi connectivity index (χ2n) is 9.41. The minimum Gasteiger partial charge on any atom is -0.435 e. The minimum absolute atomic E-state index is 0.0916. The lowest BCUT2D eigenvalue weighted by molar-refractivity contribution is -0.132. The van der Waals surface area contributed by atoms with E-state index >= 15 is 0 Å². The Morgan fingerprint density at radius 1 is 1.03 bits per heavy atom. The fraction of sp³-hybridized carbons (Fsp3) is 0.462. The lowest BCUT2D eigenvalue weighted by atomic mass is 9.90. The van der Waals surface area contributed by atoms with Crippen LogP contribution in [0.3, 0.4) is 0 Å². The summed E-state index contributed by atoms with van der Waals surface area (Å²) in [7, 11) is 0. The van der Waals surface area contributed by atoms with Crippen LogP contribution in [0.15, 0.2) is 54.6 Å². The Morgan fingerprint density at radius 2 is 1.71 bits per heavy atom. The van der Waals surface area contributed by atoms with E-state index < -0.39 is 12.2 Å². The zero-order valence-electron chi connectivity index (χ0n) is 19.4. The van der Waals surface area contributed by atoms with E-state index in [0.717, 1.165) is 37.9 Å². The number of halogens is 2. The van der Waals surface area contributed by atoms with Gasteiger partial charge in [0.05, 0.1) is 6.67 Å². The maximum absolute atomic E-state index is 13.1. The number of amides is 3. The van der Waals surface area contributed by atoms with E-state index in [1.807, 2.05) is 6.07 Å². The highest BCUT2D eigenvalue weighted by Crippen LogP contribution is 2.26. The lowest BCUT2D eigenvalue weighted by Crippen LogP contribution is -2.47. The van der Waals surface area contributed by atoms with Gasteiger partial charge >= 0.3 is 12.6 Å². The van der Waals surface area contributed by atoms with Gasteiger partial charge in [-0.25, -0.2) is 9.69 Å². The molecule has 34 heavy (non-hydrogen) atoms. The highest BCUT2D eigenvalue weighted by Gasteiger charge is 2.47. The van der Waals surface area contributed by atoms with Gasteiger partial charge in [0.1, 0.15) is 11.3 Å². The molecular formula is C26H31F2N3O3. The molecule has 1 unspecified atom stereocenters. The van der Waals surface area contributed by atoms with Crippen LogP contribution in [0.1, 0.15) is 37.3 Å². The highest BCUT2D eigenvalue weighted by molar-refractivity contribution is 6.06. The van der Waals surface area contributed by atoms with E-state index in [9.17, 15) is 18.4 Å². The molecule has 6 nitrogen and oxygen atoms in total. The van der Waals surface area contributed by atoms with Crippen molar-refractivity contribution in [3.63, 3.8) is 0 Å². The van der Waals surface area contributed by atoms with Crippen LogP contribution >= 0.6 is 0 Å². The van der Waals surface area contributed by atoms with Gasteiger partial charge in [0.25, 0.3) is 5.91 Å². The van der Waals surface area contributed by atoms with E-state index in [1.165, 1.54) is 22.6 Å². The molecule has 2 aliphatic rings. The van der Waals surface area contributed by atoms with Crippen molar-refractivity contribution in [3.05, 3.63) is 65.7 Å². The molecule has 4 rings (SSSR count). The Bertz CT molecular complexity index is 979. The number of carbonyl (C=O) groups is 2. The van der Waals surface area contributed by atoms with Crippen LogP contribution in [0.5, 0.6) is 5.75 Å². The summed E-state index contributed by atoms with van der Waals surface area (Å²) < 4.78 is 29.0. The molecule has 0 aliphatic carbocycles. The summed E-state index contributed by atoms with van der Waals surface area (Å²) in [5.74, 6) is 0.486. The maximum atomic E-state index is 13.1. The first-order valence-corrected chi connectivity index (χ1v) is 11.8. The highest BCUT2D eigenvalue weighted by atomic mass is 19.3. The van der Waals surface area contributed by atoms with Gasteiger partial charge < -0.3 is 10.1 Å². The van der Waals surface area contributed by atoms with Crippen molar-refractivity contribution >= 4 is 11.9 Å². The second-order valence-corrected chi connectivity index (χ2v) is 9.41. The number of aryl methyl sites for hydroxylation is 1. The number of hydrogen-bond acceptors (Lipinski definition) is 4. The number of nitrogens with one attached hydrogen (secondary N) is 1. The summed E-state index contributed by atoms with van der Waals surface area (Å²) in [5.41, 5.74) is 1.24. The van der Waals surface area contributed by atoms with Crippen LogP contribution in [0.2, 0.25) is 0 Å². The van der Waals surface area contributed by atoms with E-state index in [-0.39, 0.29) is 17.7 Å². The Kier molecular flexibility index (Phi) is 7.46. The van der Waals surface area contributed by atoms with Crippen molar-refractivity contribution in [1.82, 2.24) is 15.1 Å². The first-order valence-electron chi connectivity index (χ1n) is 11.8. The molecule has 2 heterocycles. The quantitative estimate of drug-likeness (QED) is 0.549. The van der Waals surface area contributed by atoms with Crippen LogP contribution in [0, 0.1) is 5.92 Å². The van der Waals surface area contributed by atoms with Gasteiger partial charge in [-0.1, -0.05) is 42.5 Å². The molecule has 8 heteroatoms. The smallest absolute Gasteiger partial charge is 0.387 e. The molecule has 2 aromatic rings. The monoisotopic (exact) mass is 471 g/mol. The van der Waals surface area contributed by atoms with Gasteiger partial charge in [-0.05, 0) is 68.2 Å². The molecule has 3 amide bonds. The zero-order chi connectivity index (χ0) is 24.1. The third-order valence-corrected chi connectivity index (χ3v) is 6.82. The molecule has 182 valence electrons. The molecule has 0 bridgehead atoms. The number of nitrogens with zero attached hydrogens (tertiary/aromatic N) is 2.